The average molecular weight is 229 g/mol. The van der Waals surface area contributed by atoms with E-state index in [1.807, 2.05) is 11.8 Å². The van der Waals surface area contributed by atoms with Gasteiger partial charge in [0.05, 0.1) is 0 Å². The third-order valence-corrected chi connectivity index (χ3v) is 3.44. The molecule has 1 aliphatic heterocycles. The van der Waals surface area contributed by atoms with Gasteiger partial charge in [0.2, 0.25) is 5.91 Å². The van der Waals surface area contributed by atoms with E-state index in [4.69, 9.17) is 5.11 Å². The second-order valence-electron chi connectivity index (χ2n) is 3.46. The van der Waals surface area contributed by atoms with Crippen molar-refractivity contribution in [2.75, 3.05) is 24.6 Å². The zero-order valence-electron chi connectivity index (χ0n) is 8.95. The molecule has 1 rings (SSSR count). The molecule has 1 heterocycles. The lowest BCUT2D eigenvalue weighted by Gasteiger charge is -2.26. The van der Waals surface area contributed by atoms with Crippen molar-refractivity contribution in [3.05, 3.63) is 11.1 Å². The molecule has 1 fully saturated rings. The van der Waals surface area contributed by atoms with Crippen LogP contribution in [-0.2, 0) is 9.59 Å². The summed E-state index contributed by atoms with van der Waals surface area (Å²) >= 11 is 1.82. The Labute approximate surface area is 93.3 Å². The van der Waals surface area contributed by atoms with Gasteiger partial charge in [-0.3, -0.25) is 4.79 Å². The van der Waals surface area contributed by atoms with Gasteiger partial charge in [-0.15, -0.1) is 0 Å². The van der Waals surface area contributed by atoms with Crippen molar-refractivity contribution >= 4 is 23.6 Å². The van der Waals surface area contributed by atoms with E-state index < -0.39 is 5.97 Å². The molecule has 0 atom stereocenters. The molecule has 0 aromatic carbocycles. The van der Waals surface area contributed by atoms with Crippen LogP contribution in [0.5, 0.6) is 0 Å². The largest absolute Gasteiger partial charge is 0.478 e. The lowest BCUT2D eigenvalue weighted by molar-refractivity contribution is -0.133. The summed E-state index contributed by atoms with van der Waals surface area (Å²) in [7, 11) is 0. The summed E-state index contributed by atoms with van der Waals surface area (Å²) < 4.78 is 0. The molecule has 0 bridgehead atoms. The van der Waals surface area contributed by atoms with Gasteiger partial charge in [0.15, 0.2) is 0 Å². The molecule has 0 aliphatic carbocycles. The zero-order valence-corrected chi connectivity index (χ0v) is 9.76. The first-order valence-electron chi connectivity index (χ1n) is 4.82. The maximum atomic E-state index is 11.8. The molecule has 1 amide bonds. The molecule has 4 nitrogen and oxygen atoms in total. The van der Waals surface area contributed by atoms with Crippen molar-refractivity contribution < 1.29 is 14.7 Å². The van der Waals surface area contributed by atoms with Crippen LogP contribution in [0.15, 0.2) is 11.1 Å². The number of hydrogen-bond donors (Lipinski definition) is 1. The SMILES string of the molecule is C/C(C(=O)O)=C(\C)C(=O)N1CCSCC1. The van der Waals surface area contributed by atoms with Crippen molar-refractivity contribution in [3.63, 3.8) is 0 Å². The van der Waals surface area contributed by atoms with Gasteiger partial charge in [-0.1, -0.05) is 0 Å². The third-order valence-electron chi connectivity index (χ3n) is 2.50. The van der Waals surface area contributed by atoms with Crippen LogP contribution in [0.4, 0.5) is 0 Å². The van der Waals surface area contributed by atoms with Crippen molar-refractivity contribution in [2.24, 2.45) is 0 Å². The highest BCUT2D eigenvalue weighted by atomic mass is 32.2. The van der Waals surface area contributed by atoms with Crippen molar-refractivity contribution in [1.82, 2.24) is 4.90 Å². The molecule has 1 aliphatic rings. The van der Waals surface area contributed by atoms with Gasteiger partial charge < -0.3 is 10.0 Å². The minimum Gasteiger partial charge on any atom is -0.478 e. The number of amides is 1. The number of carboxylic acid groups (broad SMARTS) is 1. The molecule has 0 unspecified atom stereocenters. The van der Waals surface area contributed by atoms with E-state index in [2.05, 4.69) is 0 Å². The summed E-state index contributed by atoms with van der Waals surface area (Å²) in [5.74, 6) is 0.707. The summed E-state index contributed by atoms with van der Waals surface area (Å²) in [6.07, 6.45) is 0. The molecule has 15 heavy (non-hydrogen) atoms. The highest BCUT2D eigenvalue weighted by molar-refractivity contribution is 7.99. The van der Waals surface area contributed by atoms with E-state index in [0.29, 0.717) is 18.7 Å². The number of carboxylic acids is 1. The molecule has 1 N–H and O–H groups in total. The molecule has 84 valence electrons. The maximum absolute atomic E-state index is 11.8. The van der Waals surface area contributed by atoms with Gasteiger partial charge in [0.1, 0.15) is 0 Å². The third kappa shape index (κ3) is 2.99. The molecule has 0 aromatic heterocycles. The molecule has 0 aromatic rings. The highest BCUT2D eigenvalue weighted by Crippen LogP contribution is 2.14. The molecule has 0 radical (unpaired) electrons. The molecule has 0 saturated carbocycles. The molecular weight excluding hydrogens is 214 g/mol. The van der Waals surface area contributed by atoms with Gasteiger partial charge in [-0.25, -0.2) is 4.79 Å². The quantitative estimate of drug-likeness (QED) is 0.717. The number of hydrogen-bond acceptors (Lipinski definition) is 3. The minimum absolute atomic E-state index is 0.137. The monoisotopic (exact) mass is 229 g/mol. The Bertz CT molecular complexity index is 306. The fourth-order valence-corrected chi connectivity index (χ4v) is 2.23. The van der Waals surface area contributed by atoms with E-state index in [-0.39, 0.29) is 11.5 Å². The summed E-state index contributed by atoms with van der Waals surface area (Å²) in [4.78, 5) is 24.3. The second kappa shape index (κ2) is 5.21. The summed E-state index contributed by atoms with van der Waals surface area (Å²) in [5.41, 5.74) is 0.479. The lowest BCUT2D eigenvalue weighted by atomic mass is 10.1. The predicted octanol–water partition coefficient (Wildman–Crippen LogP) is 0.983. The standard InChI is InChI=1S/C10H15NO3S/c1-7(8(2)10(13)14)9(12)11-3-5-15-6-4-11/h3-6H2,1-2H3,(H,13,14)/b8-7-. The van der Waals surface area contributed by atoms with Gasteiger partial charge >= 0.3 is 5.97 Å². The van der Waals surface area contributed by atoms with Crippen LogP contribution in [-0.4, -0.2) is 46.5 Å². The first-order valence-corrected chi connectivity index (χ1v) is 5.97. The van der Waals surface area contributed by atoms with Crippen LogP contribution in [0.3, 0.4) is 0 Å². The molecule has 5 heteroatoms. The topological polar surface area (TPSA) is 57.6 Å². The van der Waals surface area contributed by atoms with E-state index in [0.717, 1.165) is 11.5 Å². The summed E-state index contributed by atoms with van der Waals surface area (Å²) in [6.45, 7) is 4.48. The van der Waals surface area contributed by atoms with Crippen LogP contribution in [0.2, 0.25) is 0 Å². The van der Waals surface area contributed by atoms with Crippen LogP contribution >= 0.6 is 11.8 Å². The smallest absolute Gasteiger partial charge is 0.331 e. The van der Waals surface area contributed by atoms with E-state index in [9.17, 15) is 9.59 Å². The number of aliphatic carboxylic acids is 1. The molecule has 0 spiro atoms. The van der Waals surface area contributed by atoms with E-state index in [1.165, 1.54) is 6.92 Å². The Morgan fingerprint density at radius 1 is 1.13 bits per heavy atom. The number of rotatable bonds is 2. The predicted molar refractivity (Wildman–Crippen MR) is 59.9 cm³/mol. The first-order chi connectivity index (χ1) is 7.04. The Balaban J connectivity index is 2.74. The van der Waals surface area contributed by atoms with Crippen molar-refractivity contribution in [3.8, 4) is 0 Å². The van der Waals surface area contributed by atoms with Crippen molar-refractivity contribution in [1.29, 1.82) is 0 Å². The fourth-order valence-electron chi connectivity index (χ4n) is 1.32. The van der Waals surface area contributed by atoms with Crippen LogP contribution in [0.1, 0.15) is 13.8 Å². The normalized spacial score (nSPS) is 18.4. The number of thioether (sulfide) groups is 1. The second-order valence-corrected chi connectivity index (χ2v) is 4.68. The Morgan fingerprint density at radius 3 is 2.13 bits per heavy atom. The zero-order chi connectivity index (χ0) is 11.4. The van der Waals surface area contributed by atoms with Crippen LogP contribution < -0.4 is 0 Å². The Morgan fingerprint density at radius 2 is 1.67 bits per heavy atom. The van der Waals surface area contributed by atoms with Gasteiger partial charge in [-0.05, 0) is 13.8 Å². The number of nitrogens with zero attached hydrogens (tertiary/aromatic N) is 1. The van der Waals surface area contributed by atoms with Gasteiger partial charge in [-0.2, -0.15) is 11.8 Å². The molecular formula is C10H15NO3S. The average Bonchev–Trinajstić information content (AvgIpc) is 2.27. The highest BCUT2D eigenvalue weighted by Gasteiger charge is 2.20. The summed E-state index contributed by atoms with van der Waals surface area (Å²) in [5, 5.41) is 8.77. The van der Waals surface area contributed by atoms with Gasteiger partial charge in [0, 0.05) is 35.7 Å². The fraction of sp³-hybridized carbons (Fsp3) is 0.600. The van der Waals surface area contributed by atoms with E-state index in [1.54, 1.807) is 11.8 Å². The molecule has 1 saturated heterocycles. The van der Waals surface area contributed by atoms with Gasteiger partial charge in [0.25, 0.3) is 0 Å². The van der Waals surface area contributed by atoms with Crippen LogP contribution in [0.25, 0.3) is 0 Å². The van der Waals surface area contributed by atoms with E-state index >= 15 is 0 Å². The number of carbonyl (C=O) groups excluding carboxylic acids is 1. The minimum atomic E-state index is -1.02. The first kappa shape index (κ1) is 12.1. The lowest BCUT2D eigenvalue weighted by Crippen LogP contribution is -2.38. The van der Waals surface area contributed by atoms with Crippen molar-refractivity contribution in [2.45, 2.75) is 13.8 Å². The maximum Gasteiger partial charge on any atom is 0.331 e. The Hall–Kier alpha value is -0.970. The van der Waals surface area contributed by atoms with Crippen LogP contribution in [0, 0.1) is 0 Å². The number of carbonyl (C=O) groups is 2. The Kier molecular flexibility index (Phi) is 4.20. The summed E-state index contributed by atoms with van der Waals surface area (Å²) in [6, 6.07) is 0.